The summed E-state index contributed by atoms with van der Waals surface area (Å²) in [5.41, 5.74) is 0. The van der Waals surface area contributed by atoms with Crippen LogP contribution in [0.5, 0.6) is 0 Å². The van der Waals surface area contributed by atoms with Crippen LogP contribution in [0.3, 0.4) is 0 Å². The number of quaternary nitrogens is 1. The first-order valence-electron chi connectivity index (χ1n) is 4.18. The molecular formula is C8H19NO. The van der Waals surface area contributed by atoms with Crippen molar-refractivity contribution in [1.29, 1.82) is 0 Å². The average molecular weight is 145 g/mol. The van der Waals surface area contributed by atoms with E-state index in [1.54, 1.807) is 0 Å². The van der Waals surface area contributed by atoms with Crippen LogP contribution < -0.4 is 5.06 Å². The summed E-state index contributed by atoms with van der Waals surface area (Å²) in [6.07, 6.45) is 2.05. The highest BCUT2D eigenvalue weighted by atomic mass is 16.5. The Kier molecular flexibility index (Phi) is 5.64. The van der Waals surface area contributed by atoms with Crippen molar-refractivity contribution in [3.8, 4) is 0 Å². The molecule has 0 amide bonds. The van der Waals surface area contributed by atoms with E-state index >= 15 is 0 Å². The first kappa shape index (κ1) is 9.92. The SMILES string of the molecule is CCC[NH+]([O-])CCC(C)C. The molecular weight excluding hydrogens is 126 g/mol. The maximum Gasteiger partial charge on any atom is 0.0770 e. The van der Waals surface area contributed by atoms with Crippen molar-refractivity contribution in [2.75, 3.05) is 13.1 Å². The van der Waals surface area contributed by atoms with E-state index in [0.717, 1.165) is 25.9 Å². The lowest BCUT2D eigenvalue weighted by Gasteiger charge is -2.22. The zero-order valence-electron chi connectivity index (χ0n) is 7.31. The minimum absolute atomic E-state index is 0.427. The minimum atomic E-state index is 0.427. The number of nitrogens with one attached hydrogen (secondary N) is 1. The Hall–Kier alpha value is -0.0800. The van der Waals surface area contributed by atoms with E-state index in [2.05, 4.69) is 13.8 Å². The molecule has 0 saturated carbocycles. The van der Waals surface area contributed by atoms with Gasteiger partial charge in [0, 0.05) is 0 Å². The first-order chi connectivity index (χ1) is 4.66. The predicted octanol–water partition coefficient (Wildman–Crippen LogP) is 0.825. The Morgan fingerprint density at radius 1 is 1.30 bits per heavy atom. The Morgan fingerprint density at radius 2 is 1.90 bits per heavy atom. The molecule has 0 aliphatic carbocycles. The summed E-state index contributed by atoms with van der Waals surface area (Å²) in [4.78, 5) is 0. The topological polar surface area (TPSA) is 27.5 Å². The van der Waals surface area contributed by atoms with Gasteiger partial charge in [-0.25, -0.2) is 0 Å². The van der Waals surface area contributed by atoms with E-state index in [4.69, 9.17) is 0 Å². The van der Waals surface area contributed by atoms with E-state index in [1.165, 1.54) is 0 Å². The molecule has 2 nitrogen and oxygen atoms in total. The molecule has 0 rings (SSSR count). The van der Waals surface area contributed by atoms with Crippen molar-refractivity contribution in [3.05, 3.63) is 5.21 Å². The second-order valence-corrected chi connectivity index (χ2v) is 3.22. The summed E-state index contributed by atoms with van der Waals surface area (Å²) in [7, 11) is 0. The average Bonchev–Trinajstić information content (AvgIpc) is 1.85. The summed E-state index contributed by atoms with van der Waals surface area (Å²) in [5, 5.41) is 11.4. The van der Waals surface area contributed by atoms with Gasteiger partial charge >= 0.3 is 0 Å². The summed E-state index contributed by atoms with van der Waals surface area (Å²) >= 11 is 0. The van der Waals surface area contributed by atoms with Crippen LogP contribution in [0.1, 0.15) is 33.6 Å². The highest BCUT2D eigenvalue weighted by molar-refractivity contribution is 4.41. The van der Waals surface area contributed by atoms with E-state index in [-0.39, 0.29) is 0 Å². The third-order valence-electron chi connectivity index (χ3n) is 1.53. The van der Waals surface area contributed by atoms with Crippen LogP contribution in [0.25, 0.3) is 0 Å². The van der Waals surface area contributed by atoms with Gasteiger partial charge in [0.2, 0.25) is 0 Å². The monoisotopic (exact) mass is 145 g/mol. The molecule has 0 heterocycles. The van der Waals surface area contributed by atoms with Crippen molar-refractivity contribution < 1.29 is 5.06 Å². The van der Waals surface area contributed by atoms with Crippen molar-refractivity contribution in [3.63, 3.8) is 0 Å². The molecule has 0 saturated heterocycles. The summed E-state index contributed by atoms with van der Waals surface area (Å²) in [5.74, 6) is 0.667. The predicted molar refractivity (Wildman–Crippen MR) is 43.8 cm³/mol. The fourth-order valence-electron chi connectivity index (χ4n) is 0.854. The van der Waals surface area contributed by atoms with Gasteiger partial charge in [0.25, 0.3) is 0 Å². The molecule has 0 aromatic heterocycles. The number of hydroxylamine groups is 2. The molecule has 2 heteroatoms. The molecule has 62 valence electrons. The van der Waals surface area contributed by atoms with Crippen LogP contribution in [-0.2, 0) is 0 Å². The Balaban J connectivity index is 3.12. The quantitative estimate of drug-likeness (QED) is 0.570. The third-order valence-corrected chi connectivity index (χ3v) is 1.53. The molecule has 0 aliphatic heterocycles. The normalized spacial score (nSPS) is 14.1. The van der Waals surface area contributed by atoms with Crippen LogP contribution in [0.2, 0.25) is 0 Å². The second-order valence-electron chi connectivity index (χ2n) is 3.22. The van der Waals surface area contributed by atoms with Crippen molar-refractivity contribution in [2.45, 2.75) is 33.6 Å². The molecule has 0 spiro atoms. The summed E-state index contributed by atoms with van der Waals surface area (Å²) < 4.78 is 0. The van der Waals surface area contributed by atoms with E-state index in [9.17, 15) is 5.21 Å². The molecule has 1 N–H and O–H groups in total. The van der Waals surface area contributed by atoms with Crippen molar-refractivity contribution in [2.24, 2.45) is 5.92 Å². The lowest BCUT2D eigenvalue weighted by Crippen LogP contribution is -3.07. The number of rotatable bonds is 5. The molecule has 0 aliphatic rings. The number of hydrogen-bond donors (Lipinski definition) is 1. The highest BCUT2D eigenvalue weighted by Crippen LogP contribution is 1.94. The van der Waals surface area contributed by atoms with Crippen LogP contribution in [0.15, 0.2) is 0 Å². The van der Waals surface area contributed by atoms with Crippen LogP contribution >= 0.6 is 0 Å². The van der Waals surface area contributed by atoms with Gasteiger partial charge in [0.15, 0.2) is 0 Å². The molecule has 0 radical (unpaired) electrons. The zero-order chi connectivity index (χ0) is 7.98. The fourth-order valence-corrected chi connectivity index (χ4v) is 0.854. The molecule has 1 atom stereocenters. The van der Waals surface area contributed by atoms with Gasteiger partial charge in [0.05, 0.1) is 13.1 Å². The van der Waals surface area contributed by atoms with Crippen LogP contribution in [0.4, 0.5) is 0 Å². The molecule has 10 heavy (non-hydrogen) atoms. The lowest BCUT2D eigenvalue weighted by atomic mass is 10.1. The molecule has 0 fully saturated rings. The largest absolute Gasteiger partial charge is 0.634 e. The summed E-state index contributed by atoms with van der Waals surface area (Å²) in [6, 6.07) is 0. The molecule has 0 aromatic rings. The van der Waals surface area contributed by atoms with Gasteiger partial charge in [-0.15, -0.1) is 0 Å². The highest BCUT2D eigenvalue weighted by Gasteiger charge is 1.97. The van der Waals surface area contributed by atoms with Crippen molar-refractivity contribution >= 4 is 0 Å². The van der Waals surface area contributed by atoms with Gasteiger partial charge in [-0.05, 0) is 18.8 Å². The van der Waals surface area contributed by atoms with E-state index in [1.807, 2.05) is 6.92 Å². The maximum absolute atomic E-state index is 10.9. The van der Waals surface area contributed by atoms with Gasteiger partial charge in [-0.3, -0.25) is 0 Å². The Morgan fingerprint density at radius 3 is 2.30 bits per heavy atom. The minimum Gasteiger partial charge on any atom is -0.634 e. The van der Waals surface area contributed by atoms with Gasteiger partial charge in [-0.1, -0.05) is 20.8 Å². The van der Waals surface area contributed by atoms with E-state index < -0.39 is 0 Å². The third kappa shape index (κ3) is 6.05. The fraction of sp³-hybridized carbons (Fsp3) is 1.00. The summed E-state index contributed by atoms with van der Waals surface area (Å²) in [6.45, 7) is 7.91. The second kappa shape index (κ2) is 5.69. The molecule has 1 unspecified atom stereocenters. The first-order valence-corrected chi connectivity index (χ1v) is 4.18. The molecule has 0 bridgehead atoms. The smallest absolute Gasteiger partial charge is 0.0770 e. The number of hydrogen-bond acceptors (Lipinski definition) is 1. The standard InChI is InChI=1S/C8H19NO/c1-4-6-9(10)7-5-8(2)3/h8-9H,4-7H2,1-3H3. The van der Waals surface area contributed by atoms with Crippen LogP contribution in [0, 0.1) is 11.1 Å². The Labute approximate surface area is 63.8 Å². The zero-order valence-corrected chi connectivity index (χ0v) is 7.31. The molecule has 0 aromatic carbocycles. The van der Waals surface area contributed by atoms with Crippen LogP contribution in [-0.4, -0.2) is 13.1 Å². The Bertz CT molecular complexity index is 73.7. The maximum atomic E-state index is 10.9. The van der Waals surface area contributed by atoms with Crippen molar-refractivity contribution in [1.82, 2.24) is 0 Å². The van der Waals surface area contributed by atoms with E-state index in [0.29, 0.717) is 11.0 Å². The van der Waals surface area contributed by atoms with Gasteiger partial charge < -0.3 is 10.3 Å². The van der Waals surface area contributed by atoms with Gasteiger partial charge in [0.1, 0.15) is 0 Å². The lowest BCUT2D eigenvalue weighted by molar-refractivity contribution is -0.848. The van der Waals surface area contributed by atoms with Gasteiger partial charge in [-0.2, -0.15) is 0 Å².